The molecule has 2 aromatic rings. The first kappa shape index (κ1) is 29.6. The fourth-order valence-corrected chi connectivity index (χ4v) is 3.63. The van der Waals surface area contributed by atoms with Crippen LogP contribution in [0.3, 0.4) is 0 Å². The molecule has 0 heterocycles. The van der Waals surface area contributed by atoms with Crippen LogP contribution in [0.25, 0.3) is 0 Å². The maximum atomic E-state index is 12.9. The summed E-state index contributed by atoms with van der Waals surface area (Å²) in [6.45, 7) is 8.83. The number of aliphatic carboxylic acids is 1. The number of ether oxygens (including phenoxy) is 3. The zero-order chi connectivity index (χ0) is 27.4. The Morgan fingerprint density at radius 2 is 1.76 bits per heavy atom. The van der Waals surface area contributed by atoms with Crippen LogP contribution in [-0.2, 0) is 16.0 Å². The highest BCUT2D eigenvalue weighted by molar-refractivity contribution is 5.72. The van der Waals surface area contributed by atoms with Crippen molar-refractivity contribution in [1.82, 2.24) is 4.90 Å². The van der Waals surface area contributed by atoms with E-state index >= 15 is 0 Å². The molecule has 1 amide bonds. The van der Waals surface area contributed by atoms with Crippen molar-refractivity contribution >= 4 is 17.7 Å². The van der Waals surface area contributed by atoms with Crippen molar-refractivity contribution in [2.75, 3.05) is 26.3 Å². The minimum absolute atomic E-state index is 0.111. The van der Waals surface area contributed by atoms with E-state index in [0.717, 1.165) is 18.4 Å². The number of amides is 1. The van der Waals surface area contributed by atoms with Gasteiger partial charge in [0.25, 0.3) is 5.69 Å². The monoisotopic (exact) mass is 516 g/mol. The molecule has 1 atom stereocenters. The quantitative estimate of drug-likeness (QED) is 0.251. The Morgan fingerprint density at radius 1 is 1.08 bits per heavy atom. The van der Waals surface area contributed by atoms with Gasteiger partial charge in [0.1, 0.15) is 18.1 Å². The average Bonchev–Trinajstić information content (AvgIpc) is 2.84. The second kappa shape index (κ2) is 14.8. The number of nitrogens with zero attached hydrogens (tertiary/aromatic N) is 2. The number of carboxylic acids is 1. The maximum Gasteiger partial charge on any atom is 0.415 e. The van der Waals surface area contributed by atoms with E-state index in [1.54, 1.807) is 44.2 Å². The lowest BCUT2D eigenvalue weighted by molar-refractivity contribution is -0.385. The first-order valence-corrected chi connectivity index (χ1v) is 12.4. The second-order valence-corrected chi connectivity index (χ2v) is 9.08. The van der Waals surface area contributed by atoms with Crippen LogP contribution in [0.4, 0.5) is 10.5 Å². The molecule has 0 aliphatic carbocycles. The van der Waals surface area contributed by atoms with Crippen LogP contribution in [0, 0.1) is 23.0 Å². The van der Waals surface area contributed by atoms with Gasteiger partial charge < -0.3 is 24.2 Å². The Bertz CT molecular complexity index is 1040. The molecule has 0 saturated heterocycles. The number of carbonyl (C=O) groups excluding carboxylic acids is 1. The SMILES string of the molecule is CCOC(Cc1ccc(OCCN(CCCC(C)C)C(=O)Oc2ccc(C)c([N+](=O)[O-])c2)cc1)C(=O)O. The standard InChI is InChI=1S/C27H36N2O8/c1-5-35-25(26(30)31)17-21-9-12-22(13-10-21)36-16-15-28(14-6-7-19(2)3)27(32)37-23-11-8-20(4)24(18-23)29(33)34/h8-13,18-19,25H,5-7,14-17H2,1-4H3,(H,30,31). The first-order valence-electron chi connectivity index (χ1n) is 12.4. The number of nitro benzene ring substituents is 1. The lowest BCUT2D eigenvalue weighted by atomic mass is 10.1. The lowest BCUT2D eigenvalue weighted by Gasteiger charge is -2.22. The van der Waals surface area contributed by atoms with E-state index in [0.29, 0.717) is 30.4 Å². The van der Waals surface area contributed by atoms with Crippen LogP contribution in [-0.4, -0.2) is 59.4 Å². The van der Waals surface area contributed by atoms with Crippen LogP contribution in [0.1, 0.15) is 44.7 Å². The van der Waals surface area contributed by atoms with Crippen molar-refractivity contribution < 1.29 is 33.8 Å². The minimum atomic E-state index is -1.01. The second-order valence-electron chi connectivity index (χ2n) is 9.08. The Balaban J connectivity index is 1.98. The summed E-state index contributed by atoms with van der Waals surface area (Å²) >= 11 is 0. The van der Waals surface area contributed by atoms with Crippen molar-refractivity contribution in [3.63, 3.8) is 0 Å². The molecule has 1 unspecified atom stereocenters. The Kier molecular flexibility index (Phi) is 11.8. The Morgan fingerprint density at radius 3 is 2.35 bits per heavy atom. The van der Waals surface area contributed by atoms with Gasteiger partial charge in [-0.3, -0.25) is 10.1 Å². The summed E-state index contributed by atoms with van der Waals surface area (Å²) in [5.41, 5.74) is 1.17. The minimum Gasteiger partial charge on any atom is -0.492 e. The van der Waals surface area contributed by atoms with Gasteiger partial charge in [0.05, 0.1) is 17.5 Å². The van der Waals surface area contributed by atoms with E-state index in [4.69, 9.17) is 14.2 Å². The van der Waals surface area contributed by atoms with Gasteiger partial charge in [-0.15, -0.1) is 0 Å². The van der Waals surface area contributed by atoms with Crippen molar-refractivity contribution in [3.05, 3.63) is 63.7 Å². The van der Waals surface area contributed by atoms with Gasteiger partial charge in [-0.25, -0.2) is 9.59 Å². The normalized spacial score (nSPS) is 11.7. The van der Waals surface area contributed by atoms with Gasteiger partial charge in [0.2, 0.25) is 0 Å². The summed E-state index contributed by atoms with van der Waals surface area (Å²) in [6, 6.07) is 11.4. The third kappa shape index (κ3) is 10.1. The molecule has 0 bridgehead atoms. The summed E-state index contributed by atoms with van der Waals surface area (Å²) in [4.78, 5) is 36.4. The summed E-state index contributed by atoms with van der Waals surface area (Å²) in [5, 5.41) is 20.5. The summed E-state index contributed by atoms with van der Waals surface area (Å²) in [7, 11) is 0. The van der Waals surface area contributed by atoms with E-state index in [1.807, 2.05) is 0 Å². The van der Waals surface area contributed by atoms with Gasteiger partial charge in [-0.1, -0.05) is 26.0 Å². The number of rotatable bonds is 15. The largest absolute Gasteiger partial charge is 0.492 e. The molecule has 0 fully saturated rings. The third-order valence-corrected chi connectivity index (χ3v) is 5.67. The number of benzene rings is 2. The van der Waals surface area contributed by atoms with Crippen molar-refractivity contribution in [1.29, 1.82) is 0 Å². The molecule has 0 spiro atoms. The van der Waals surface area contributed by atoms with E-state index < -0.39 is 23.1 Å². The first-order chi connectivity index (χ1) is 17.6. The van der Waals surface area contributed by atoms with Crippen molar-refractivity contribution in [2.45, 2.75) is 53.1 Å². The van der Waals surface area contributed by atoms with Crippen LogP contribution < -0.4 is 9.47 Å². The van der Waals surface area contributed by atoms with Gasteiger partial charge in [-0.2, -0.15) is 0 Å². The average molecular weight is 517 g/mol. The van der Waals surface area contributed by atoms with Gasteiger partial charge in [-0.05, 0) is 62.4 Å². The molecule has 0 aliphatic rings. The van der Waals surface area contributed by atoms with E-state index in [-0.39, 0.29) is 31.0 Å². The topological polar surface area (TPSA) is 128 Å². The molecule has 0 saturated carbocycles. The molecule has 2 rings (SSSR count). The van der Waals surface area contributed by atoms with Gasteiger partial charge in [0, 0.05) is 25.1 Å². The molecule has 0 radical (unpaired) electrons. The number of nitro groups is 1. The van der Waals surface area contributed by atoms with Crippen LogP contribution in [0.2, 0.25) is 0 Å². The molecule has 0 aromatic heterocycles. The number of carbonyl (C=O) groups is 2. The van der Waals surface area contributed by atoms with Gasteiger partial charge in [0.15, 0.2) is 6.10 Å². The van der Waals surface area contributed by atoms with Crippen LogP contribution >= 0.6 is 0 Å². The predicted molar refractivity (Wildman–Crippen MR) is 138 cm³/mol. The Labute approximate surface area is 217 Å². The highest BCUT2D eigenvalue weighted by Gasteiger charge is 2.20. The number of hydrogen-bond donors (Lipinski definition) is 1. The molecule has 10 nitrogen and oxygen atoms in total. The molecule has 10 heteroatoms. The molecule has 202 valence electrons. The smallest absolute Gasteiger partial charge is 0.415 e. The third-order valence-electron chi connectivity index (χ3n) is 5.67. The van der Waals surface area contributed by atoms with E-state index in [1.165, 1.54) is 17.0 Å². The predicted octanol–water partition coefficient (Wildman–Crippen LogP) is 5.25. The summed E-state index contributed by atoms with van der Waals surface area (Å²) < 4.78 is 16.5. The maximum absolute atomic E-state index is 12.9. The van der Waals surface area contributed by atoms with Crippen LogP contribution in [0.15, 0.2) is 42.5 Å². The van der Waals surface area contributed by atoms with Crippen molar-refractivity contribution in [2.24, 2.45) is 5.92 Å². The molecule has 0 aliphatic heterocycles. The molecule has 2 aromatic carbocycles. The summed E-state index contributed by atoms with van der Waals surface area (Å²) in [5.74, 6) is 0.166. The van der Waals surface area contributed by atoms with Crippen molar-refractivity contribution in [3.8, 4) is 11.5 Å². The highest BCUT2D eigenvalue weighted by atomic mass is 16.6. The zero-order valence-corrected chi connectivity index (χ0v) is 21.8. The lowest BCUT2D eigenvalue weighted by Crippen LogP contribution is -2.37. The Hall–Kier alpha value is -3.66. The number of carboxylic acid groups (broad SMARTS) is 1. The fraction of sp³-hybridized carbons (Fsp3) is 0.481. The van der Waals surface area contributed by atoms with E-state index in [9.17, 15) is 24.8 Å². The van der Waals surface area contributed by atoms with Gasteiger partial charge >= 0.3 is 12.1 Å². The number of hydrogen-bond acceptors (Lipinski definition) is 7. The van der Waals surface area contributed by atoms with Crippen LogP contribution in [0.5, 0.6) is 11.5 Å². The molecular weight excluding hydrogens is 480 g/mol. The molecule has 37 heavy (non-hydrogen) atoms. The molecule has 1 N–H and O–H groups in total. The van der Waals surface area contributed by atoms with E-state index in [2.05, 4.69) is 13.8 Å². The zero-order valence-electron chi connectivity index (χ0n) is 21.8. The fourth-order valence-electron chi connectivity index (χ4n) is 3.63. The number of aryl methyl sites for hydroxylation is 1. The summed E-state index contributed by atoms with van der Waals surface area (Å²) in [6.07, 6.45) is 0.450. The highest BCUT2D eigenvalue weighted by Crippen LogP contribution is 2.24. The molecular formula is C27H36N2O8.